The van der Waals surface area contributed by atoms with Gasteiger partial charge in [-0.3, -0.25) is 10.1 Å². The topological polar surface area (TPSA) is 123 Å². The van der Waals surface area contributed by atoms with E-state index in [0.29, 0.717) is 0 Å². The number of rotatable bonds is 3. The molecule has 0 atom stereocenters. The van der Waals surface area contributed by atoms with Crippen LogP contribution in [0.4, 0.5) is 5.95 Å². The molecule has 0 spiro atoms. The number of hydrogen-bond acceptors (Lipinski definition) is 6. The summed E-state index contributed by atoms with van der Waals surface area (Å²) in [6, 6.07) is 2.43. The molecule has 0 fully saturated rings. The molecule has 17 heavy (non-hydrogen) atoms. The minimum absolute atomic E-state index is 0.00535. The number of carbonyl (C=O) groups excluding carboxylic acids is 1. The maximum Gasteiger partial charge on any atom is 0.371 e. The summed E-state index contributed by atoms with van der Waals surface area (Å²) < 4.78 is 4.79. The van der Waals surface area contributed by atoms with Crippen LogP contribution >= 0.6 is 0 Å². The SMILES string of the molecule is Cn1nnc(NC(=O)c2ccc(C(=O)O)o2)n1. The fraction of sp³-hybridized carbons (Fsp3) is 0.125. The normalized spacial score (nSPS) is 10.2. The largest absolute Gasteiger partial charge is 0.475 e. The lowest BCUT2D eigenvalue weighted by molar-refractivity contribution is 0.0660. The predicted molar refractivity (Wildman–Crippen MR) is 52.4 cm³/mol. The summed E-state index contributed by atoms with van der Waals surface area (Å²) >= 11 is 0. The van der Waals surface area contributed by atoms with Crippen LogP contribution in [-0.2, 0) is 7.05 Å². The third-order valence-electron chi connectivity index (χ3n) is 1.77. The maximum atomic E-state index is 11.5. The van der Waals surface area contributed by atoms with Gasteiger partial charge in [-0.2, -0.15) is 4.80 Å². The quantitative estimate of drug-likeness (QED) is 0.754. The van der Waals surface area contributed by atoms with Crippen molar-refractivity contribution in [3.8, 4) is 0 Å². The van der Waals surface area contributed by atoms with Gasteiger partial charge in [0.15, 0.2) is 5.76 Å². The van der Waals surface area contributed by atoms with E-state index >= 15 is 0 Å². The molecule has 9 heteroatoms. The summed E-state index contributed by atoms with van der Waals surface area (Å²) in [5.74, 6) is -2.35. The van der Waals surface area contributed by atoms with Crippen LogP contribution in [0.5, 0.6) is 0 Å². The van der Waals surface area contributed by atoms with Crippen molar-refractivity contribution in [2.75, 3.05) is 5.32 Å². The van der Waals surface area contributed by atoms with E-state index in [0.717, 1.165) is 0 Å². The highest BCUT2D eigenvalue weighted by Crippen LogP contribution is 2.09. The number of carbonyl (C=O) groups is 2. The first-order valence-corrected chi connectivity index (χ1v) is 4.45. The molecule has 0 bridgehead atoms. The molecule has 2 heterocycles. The zero-order chi connectivity index (χ0) is 12.4. The number of furan rings is 1. The smallest absolute Gasteiger partial charge is 0.371 e. The van der Waals surface area contributed by atoms with E-state index in [1.165, 1.54) is 24.0 Å². The minimum Gasteiger partial charge on any atom is -0.475 e. The highest BCUT2D eigenvalue weighted by Gasteiger charge is 2.16. The van der Waals surface area contributed by atoms with E-state index < -0.39 is 11.9 Å². The Labute approximate surface area is 94.0 Å². The summed E-state index contributed by atoms with van der Waals surface area (Å²) in [5.41, 5.74) is 0. The summed E-state index contributed by atoms with van der Waals surface area (Å²) in [5, 5.41) is 21.7. The van der Waals surface area contributed by atoms with E-state index in [1.807, 2.05) is 0 Å². The van der Waals surface area contributed by atoms with Crippen LogP contribution in [0.1, 0.15) is 21.1 Å². The number of carboxylic acid groups (broad SMARTS) is 1. The van der Waals surface area contributed by atoms with Crippen molar-refractivity contribution in [2.45, 2.75) is 0 Å². The summed E-state index contributed by atoms with van der Waals surface area (Å²) in [4.78, 5) is 23.2. The highest BCUT2D eigenvalue weighted by molar-refractivity contribution is 6.01. The molecule has 2 rings (SSSR count). The average Bonchev–Trinajstić information content (AvgIpc) is 2.86. The number of aromatic carboxylic acids is 1. The Morgan fingerprint density at radius 2 is 2.12 bits per heavy atom. The molecule has 2 aromatic rings. The molecule has 0 unspecified atom stereocenters. The third-order valence-corrected chi connectivity index (χ3v) is 1.77. The number of nitrogens with zero attached hydrogens (tertiary/aromatic N) is 4. The lowest BCUT2D eigenvalue weighted by Gasteiger charge is -1.95. The van der Waals surface area contributed by atoms with Crippen LogP contribution in [0.2, 0.25) is 0 Å². The van der Waals surface area contributed by atoms with Crippen LogP contribution < -0.4 is 5.32 Å². The van der Waals surface area contributed by atoms with Crippen molar-refractivity contribution >= 4 is 17.8 Å². The van der Waals surface area contributed by atoms with Gasteiger partial charge in [0.1, 0.15) is 0 Å². The number of amides is 1. The molecule has 0 saturated heterocycles. The van der Waals surface area contributed by atoms with Gasteiger partial charge in [-0.05, 0) is 17.3 Å². The van der Waals surface area contributed by atoms with Crippen molar-refractivity contribution in [3.63, 3.8) is 0 Å². The zero-order valence-corrected chi connectivity index (χ0v) is 8.62. The number of nitrogens with one attached hydrogen (secondary N) is 1. The number of aryl methyl sites for hydroxylation is 1. The molecule has 2 aromatic heterocycles. The number of carboxylic acids is 1. The first-order valence-electron chi connectivity index (χ1n) is 4.45. The van der Waals surface area contributed by atoms with E-state index in [4.69, 9.17) is 9.52 Å². The second-order valence-corrected chi connectivity index (χ2v) is 3.03. The van der Waals surface area contributed by atoms with E-state index in [-0.39, 0.29) is 17.5 Å². The Bertz CT molecular complexity index is 572. The molecule has 88 valence electrons. The minimum atomic E-state index is -1.25. The van der Waals surface area contributed by atoms with Crippen molar-refractivity contribution in [1.29, 1.82) is 0 Å². The first-order chi connectivity index (χ1) is 8.06. The number of aromatic nitrogens is 4. The average molecular weight is 237 g/mol. The van der Waals surface area contributed by atoms with Gasteiger partial charge in [-0.1, -0.05) is 5.10 Å². The zero-order valence-electron chi connectivity index (χ0n) is 8.62. The summed E-state index contributed by atoms with van der Waals surface area (Å²) in [7, 11) is 1.54. The van der Waals surface area contributed by atoms with Crippen molar-refractivity contribution in [2.24, 2.45) is 7.05 Å². The Hall–Kier alpha value is -2.71. The van der Waals surface area contributed by atoms with E-state index in [2.05, 4.69) is 20.7 Å². The fourth-order valence-electron chi connectivity index (χ4n) is 1.07. The summed E-state index contributed by atoms with van der Waals surface area (Å²) in [6.07, 6.45) is 0. The molecule has 1 amide bonds. The molecule has 0 aromatic carbocycles. The third kappa shape index (κ3) is 2.27. The second kappa shape index (κ2) is 4.04. The maximum absolute atomic E-state index is 11.5. The Morgan fingerprint density at radius 1 is 1.41 bits per heavy atom. The first kappa shape index (κ1) is 10.8. The van der Waals surface area contributed by atoms with Gasteiger partial charge < -0.3 is 9.52 Å². The highest BCUT2D eigenvalue weighted by atomic mass is 16.4. The lowest BCUT2D eigenvalue weighted by atomic mass is 10.4. The van der Waals surface area contributed by atoms with Crippen molar-refractivity contribution < 1.29 is 19.1 Å². The van der Waals surface area contributed by atoms with Crippen LogP contribution in [-0.4, -0.2) is 37.2 Å². The molecule has 0 aliphatic rings. The molecule has 0 saturated carbocycles. The van der Waals surface area contributed by atoms with Crippen LogP contribution in [0, 0.1) is 0 Å². The van der Waals surface area contributed by atoms with E-state index in [1.54, 1.807) is 0 Å². The monoisotopic (exact) mass is 237 g/mol. The molecular formula is C8H7N5O4. The molecule has 2 N–H and O–H groups in total. The van der Waals surface area contributed by atoms with Crippen molar-refractivity contribution in [1.82, 2.24) is 20.2 Å². The van der Waals surface area contributed by atoms with Gasteiger partial charge in [0.2, 0.25) is 5.76 Å². The molecule has 9 nitrogen and oxygen atoms in total. The standard InChI is InChI=1S/C8H7N5O4/c1-13-11-8(10-12-13)9-6(14)4-2-3-5(17-4)7(15)16/h2-3H,1H3,(H,15,16)(H,9,11,14). The molecular weight excluding hydrogens is 230 g/mol. The van der Waals surface area contributed by atoms with Crippen molar-refractivity contribution in [3.05, 3.63) is 23.7 Å². The van der Waals surface area contributed by atoms with Crippen LogP contribution in [0.15, 0.2) is 16.5 Å². The van der Waals surface area contributed by atoms with Gasteiger partial charge >= 0.3 is 5.97 Å². The van der Waals surface area contributed by atoms with Gasteiger partial charge in [0.05, 0.1) is 7.05 Å². The Balaban J connectivity index is 2.11. The Morgan fingerprint density at radius 3 is 2.65 bits per heavy atom. The van der Waals surface area contributed by atoms with Gasteiger partial charge in [-0.15, -0.1) is 5.10 Å². The molecule has 0 aliphatic heterocycles. The van der Waals surface area contributed by atoms with E-state index in [9.17, 15) is 9.59 Å². The number of hydrogen-bond donors (Lipinski definition) is 2. The number of tetrazole rings is 1. The fourth-order valence-corrected chi connectivity index (χ4v) is 1.07. The predicted octanol–water partition coefficient (Wildman–Crippen LogP) is -0.246. The molecule has 0 aliphatic carbocycles. The summed E-state index contributed by atoms with van der Waals surface area (Å²) in [6.45, 7) is 0. The van der Waals surface area contributed by atoms with Crippen LogP contribution in [0.25, 0.3) is 0 Å². The number of anilines is 1. The van der Waals surface area contributed by atoms with Gasteiger partial charge in [-0.25, -0.2) is 4.79 Å². The lowest BCUT2D eigenvalue weighted by Crippen LogP contribution is -2.12. The van der Waals surface area contributed by atoms with Gasteiger partial charge in [0.25, 0.3) is 11.9 Å². The molecule has 0 radical (unpaired) electrons. The van der Waals surface area contributed by atoms with Crippen LogP contribution in [0.3, 0.4) is 0 Å². The van der Waals surface area contributed by atoms with Gasteiger partial charge in [0, 0.05) is 0 Å². The second-order valence-electron chi connectivity index (χ2n) is 3.03. The Kier molecular flexibility index (Phi) is 2.57.